The first kappa shape index (κ1) is 24.5. The van der Waals surface area contributed by atoms with Gasteiger partial charge in [0.05, 0.1) is 35.4 Å². The number of nitro benzene ring substituents is 1. The normalized spacial score (nSPS) is 15.8. The maximum Gasteiger partial charge on any atom is 0.279 e. The van der Waals surface area contributed by atoms with Crippen molar-refractivity contribution in [1.82, 2.24) is 5.32 Å². The SMILES string of the molecule is Cc1cc(OCCCCCCC(=O)NC2CCc3ccccc3N2)cc([N+](=O)[O-])c1C(C)O. The van der Waals surface area contributed by atoms with Crippen LogP contribution in [0.25, 0.3) is 0 Å². The van der Waals surface area contributed by atoms with Gasteiger partial charge < -0.3 is 20.5 Å². The van der Waals surface area contributed by atoms with Gasteiger partial charge in [0.1, 0.15) is 5.75 Å². The van der Waals surface area contributed by atoms with Gasteiger partial charge in [-0.25, -0.2) is 0 Å². The standard InChI is InChI=1S/C25H33N3O5/c1-17-15-20(16-22(28(31)32)25(17)18(2)29)33-14-8-4-3-5-11-24(30)27-23-13-12-19-9-6-7-10-21(19)26-23/h6-7,9-10,15-16,18,23,26,29H,3-5,8,11-14H2,1-2H3,(H,27,30). The molecule has 0 spiro atoms. The van der Waals surface area contributed by atoms with E-state index in [0.717, 1.165) is 44.2 Å². The van der Waals surface area contributed by atoms with Gasteiger partial charge in [0.15, 0.2) is 0 Å². The minimum absolute atomic E-state index is 0.0199. The van der Waals surface area contributed by atoms with E-state index in [1.165, 1.54) is 18.6 Å². The molecule has 0 saturated carbocycles. The van der Waals surface area contributed by atoms with Crippen LogP contribution in [0.3, 0.4) is 0 Å². The van der Waals surface area contributed by atoms with Crippen LogP contribution in [0.4, 0.5) is 11.4 Å². The van der Waals surface area contributed by atoms with Gasteiger partial charge in [0.25, 0.3) is 5.69 Å². The summed E-state index contributed by atoms with van der Waals surface area (Å²) in [5, 5.41) is 27.6. The quantitative estimate of drug-likeness (QED) is 0.255. The predicted molar refractivity (Wildman–Crippen MR) is 127 cm³/mol. The van der Waals surface area contributed by atoms with Gasteiger partial charge in [0, 0.05) is 12.1 Å². The molecular weight excluding hydrogens is 422 g/mol. The Morgan fingerprint density at radius 1 is 1.27 bits per heavy atom. The Labute approximate surface area is 194 Å². The Kier molecular flexibility index (Phi) is 8.65. The summed E-state index contributed by atoms with van der Waals surface area (Å²) >= 11 is 0. The van der Waals surface area contributed by atoms with Crippen LogP contribution >= 0.6 is 0 Å². The van der Waals surface area contributed by atoms with Crippen molar-refractivity contribution < 1.29 is 19.6 Å². The van der Waals surface area contributed by atoms with E-state index in [1.54, 1.807) is 13.0 Å². The zero-order valence-electron chi connectivity index (χ0n) is 19.3. The highest BCUT2D eigenvalue weighted by Crippen LogP contribution is 2.33. The zero-order chi connectivity index (χ0) is 23.8. The van der Waals surface area contributed by atoms with Crippen LogP contribution in [-0.2, 0) is 11.2 Å². The summed E-state index contributed by atoms with van der Waals surface area (Å²) in [5.74, 6) is 0.494. The minimum atomic E-state index is -0.915. The number of aryl methyl sites for hydroxylation is 2. The Bertz CT molecular complexity index is 977. The van der Waals surface area contributed by atoms with Gasteiger partial charge in [-0.3, -0.25) is 14.9 Å². The van der Waals surface area contributed by atoms with Gasteiger partial charge in [-0.2, -0.15) is 0 Å². The first-order chi connectivity index (χ1) is 15.8. The highest BCUT2D eigenvalue weighted by Gasteiger charge is 2.22. The van der Waals surface area contributed by atoms with E-state index in [1.807, 2.05) is 18.2 Å². The molecular formula is C25H33N3O5. The fourth-order valence-corrected chi connectivity index (χ4v) is 4.27. The number of nitrogens with zero attached hydrogens (tertiary/aromatic N) is 1. The van der Waals surface area contributed by atoms with Crippen LogP contribution in [0, 0.1) is 17.0 Å². The molecule has 2 aromatic carbocycles. The van der Waals surface area contributed by atoms with Crippen LogP contribution < -0.4 is 15.4 Å². The average molecular weight is 456 g/mol. The first-order valence-electron chi connectivity index (χ1n) is 11.6. The number of amides is 1. The lowest BCUT2D eigenvalue weighted by atomic mass is 10.0. The summed E-state index contributed by atoms with van der Waals surface area (Å²) in [6.07, 6.45) is 4.83. The summed E-state index contributed by atoms with van der Waals surface area (Å²) < 4.78 is 5.70. The molecule has 1 amide bonds. The number of unbranched alkanes of at least 4 members (excludes halogenated alkanes) is 3. The van der Waals surface area contributed by atoms with Crippen molar-refractivity contribution in [2.45, 2.75) is 71.1 Å². The fraction of sp³-hybridized carbons (Fsp3) is 0.480. The second-order valence-electron chi connectivity index (χ2n) is 8.58. The number of aliphatic hydroxyl groups excluding tert-OH is 1. The third-order valence-electron chi connectivity index (χ3n) is 5.90. The Morgan fingerprint density at radius 3 is 2.79 bits per heavy atom. The highest BCUT2D eigenvalue weighted by atomic mass is 16.6. The predicted octanol–water partition coefficient (Wildman–Crippen LogP) is 4.79. The molecule has 1 aliphatic heterocycles. The van der Waals surface area contributed by atoms with Gasteiger partial charge >= 0.3 is 0 Å². The molecule has 3 rings (SSSR count). The van der Waals surface area contributed by atoms with Crippen molar-refractivity contribution in [3.05, 3.63) is 63.2 Å². The molecule has 33 heavy (non-hydrogen) atoms. The average Bonchev–Trinajstić information content (AvgIpc) is 2.77. The number of fused-ring (bicyclic) bond motifs is 1. The third kappa shape index (κ3) is 6.92. The molecule has 0 aromatic heterocycles. The van der Waals surface area contributed by atoms with E-state index >= 15 is 0 Å². The van der Waals surface area contributed by atoms with Crippen LogP contribution in [0.5, 0.6) is 5.75 Å². The number of aliphatic hydroxyl groups is 1. The zero-order valence-corrected chi connectivity index (χ0v) is 19.3. The molecule has 0 aliphatic carbocycles. The molecule has 2 aromatic rings. The monoisotopic (exact) mass is 455 g/mol. The lowest BCUT2D eigenvalue weighted by Crippen LogP contribution is -2.42. The van der Waals surface area contributed by atoms with E-state index in [9.17, 15) is 20.0 Å². The van der Waals surface area contributed by atoms with E-state index in [4.69, 9.17) is 4.74 Å². The number of anilines is 1. The van der Waals surface area contributed by atoms with E-state index < -0.39 is 11.0 Å². The molecule has 0 radical (unpaired) electrons. The summed E-state index contributed by atoms with van der Waals surface area (Å²) in [6, 6.07) is 11.3. The van der Waals surface area contributed by atoms with Crippen molar-refractivity contribution in [3.8, 4) is 5.75 Å². The van der Waals surface area contributed by atoms with Crippen LogP contribution in [-0.4, -0.2) is 28.7 Å². The van der Waals surface area contributed by atoms with Gasteiger partial charge in [0.2, 0.25) is 5.91 Å². The van der Waals surface area contributed by atoms with Gasteiger partial charge in [-0.05, 0) is 62.8 Å². The van der Waals surface area contributed by atoms with Crippen molar-refractivity contribution in [3.63, 3.8) is 0 Å². The number of hydrogen-bond acceptors (Lipinski definition) is 6. The topological polar surface area (TPSA) is 114 Å². The van der Waals surface area contributed by atoms with Crippen molar-refractivity contribution >= 4 is 17.3 Å². The van der Waals surface area contributed by atoms with Crippen LogP contribution in [0.15, 0.2) is 36.4 Å². The molecule has 8 nitrogen and oxygen atoms in total. The third-order valence-corrected chi connectivity index (χ3v) is 5.90. The molecule has 2 atom stereocenters. The number of ether oxygens (including phenoxy) is 1. The van der Waals surface area contributed by atoms with Crippen molar-refractivity contribution in [1.29, 1.82) is 0 Å². The van der Waals surface area contributed by atoms with E-state index in [0.29, 0.717) is 29.9 Å². The fourth-order valence-electron chi connectivity index (χ4n) is 4.27. The minimum Gasteiger partial charge on any atom is -0.493 e. The van der Waals surface area contributed by atoms with Gasteiger partial charge in [-0.1, -0.05) is 31.0 Å². The first-order valence-corrected chi connectivity index (χ1v) is 11.6. The van der Waals surface area contributed by atoms with Gasteiger partial charge in [-0.15, -0.1) is 0 Å². The summed E-state index contributed by atoms with van der Waals surface area (Å²) in [7, 11) is 0. The number of carbonyl (C=O) groups is 1. The molecule has 8 heteroatoms. The number of carbonyl (C=O) groups excluding carboxylic acids is 1. The molecule has 0 fully saturated rings. The maximum atomic E-state index is 12.2. The van der Waals surface area contributed by atoms with Crippen molar-refractivity contribution in [2.24, 2.45) is 0 Å². The number of para-hydroxylation sites is 1. The second-order valence-corrected chi connectivity index (χ2v) is 8.58. The Hall–Kier alpha value is -3.13. The Balaban J connectivity index is 1.32. The maximum absolute atomic E-state index is 12.2. The number of hydrogen-bond donors (Lipinski definition) is 3. The molecule has 2 unspecified atom stereocenters. The molecule has 1 heterocycles. The molecule has 3 N–H and O–H groups in total. The molecule has 0 saturated heterocycles. The summed E-state index contributed by atoms with van der Waals surface area (Å²) in [4.78, 5) is 23.1. The summed E-state index contributed by atoms with van der Waals surface area (Å²) in [5.41, 5.74) is 3.21. The number of nitrogens with one attached hydrogen (secondary N) is 2. The van der Waals surface area contributed by atoms with Crippen LogP contribution in [0.1, 0.15) is 68.2 Å². The molecule has 1 aliphatic rings. The molecule has 178 valence electrons. The lowest BCUT2D eigenvalue weighted by Gasteiger charge is -2.27. The van der Waals surface area contributed by atoms with Crippen molar-refractivity contribution in [2.75, 3.05) is 11.9 Å². The Morgan fingerprint density at radius 2 is 2.03 bits per heavy atom. The van der Waals surface area contributed by atoms with E-state index in [2.05, 4.69) is 16.7 Å². The van der Waals surface area contributed by atoms with E-state index in [-0.39, 0.29) is 17.8 Å². The van der Waals surface area contributed by atoms with Crippen LogP contribution in [0.2, 0.25) is 0 Å². The second kappa shape index (κ2) is 11.7. The highest BCUT2D eigenvalue weighted by molar-refractivity contribution is 5.76. The number of nitro groups is 1. The number of rotatable bonds is 11. The summed E-state index contributed by atoms with van der Waals surface area (Å²) in [6.45, 7) is 3.69. The molecule has 0 bridgehead atoms. The largest absolute Gasteiger partial charge is 0.493 e. The smallest absolute Gasteiger partial charge is 0.279 e. The number of benzene rings is 2. The lowest BCUT2D eigenvalue weighted by molar-refractivity contribution is -0.386.